The van der Waals surface area contributed by atoms with E-state index in [9.17, 15) is 0 Å². The molecule has 3 heteroatoms. The van der Waals surface area contributed by atoms with E-state index in [1.165, 1.54) is 6.42 Å². The maximum Gasteiger partial charge on any atom is 0.124 e. The Hall–Kier alpha value is -1.06. The van der Waals surface area contributed by atoms with Crippen molar-refractivity contribution in [1.82, 2.24) is 0 Å². The summed E-state index contributed by atoms with van der Waals surface area (Å²) in [4.78, 5) is 0. The lowest BCUT2D eigenvalue weighted by atomic mass is 9.95. The van der Waals surface area contributed by atoms with Gasteiger partial charge in [-0.1, -0.05) is 18.2 Å². The average Bonchev–Trinajstić information content (AvgIpc) is 2.28. The van der Waals surface area contributed by atoms with Gasteiger partial charge in [0.05, 0.1) is 19.3 Å². The average molecular weight is 221 g/mol. The van der Waals surface area contributed by atoms with Crippen LogP contribution in [0.25, 0.3) is 0 Å². The van der Waals surface area contributed by atoms with Crippen LogP contribution in [-0.4, -0.2) is 19.8 Å². The van der Waals surface area contributed by atoms with E-state index in [1.54, 1.807) is 7.11 Å². The van der Waals surface area contributed by atoms with Crippen molar-refractivity contribution in [3.63, 3.8) is 0 Å². The molecule has 0 amide bonds. The number of hydrogen-bond acceptors (Lipinski definition) is 3. The number of ether oxygens (including phenoxy) is 2. The van der Waals surface area contributed by atoms with Crippen molar-refractivity contribution in [3.8, 4) is 5.75 Å². The van der Waals surface area contributed by atoms with Crippen molar-refractivity contribution in [2.24, 2.45) is 5.73 Å². The van der Waals surface area contributed by atoms with Gasteiger partial charge in [0.2, 0.25) is 0 Å². The molecule has 0 aromatic heterocycles. The minimum absolute atomic E-state index is 0.0403. The zero-order chi connectivity index (χ0) is 11.4. The van der Waals surface area contributed by atoms with Gasteiger partial charge >= 0.3 is 0 Å². The quantitative estimate of drug-likeness (QED) is 0.829. The molecule has 1 fully saturated rings. The van der Waals surface area contributed by atoms with Crippen LogP contribution in [-0.2, 0) is 4.74 Å². The molecule has 1 aliphatic carbocycles. The van der Waals surface area contributed by atoms with Crippen LogP contribution in [0.2, 0.25) is 0 Å². The molecule has 1 unspecified atom stereocenters. The molecule has 2 rings (SSSR count). The number of methoxy groups -OCH3 is 1. The zero-order valence-corrected chi connectivity index (χ0v) is 9.69. The third kappa shape index (κ3) is 2.36. The molecular weight excluding hydrogens is 202 g/mol. The molecule has 88 valence electrons. The van der Waals surface area contributed by atoms with Crippen molar-refractivity contribution in [3.05, 3.63) is 29.8 Å². The van der Waals surface area contributed by atoms with E-state index in [-0.39, 0.29) is 6.10 Å². The molecule has 0 aliphatic heterocycles. The highest BCUT2D eigenvalue weighted by Crippen LogP contribution is 2.32. The Morgan fingerprint density at radius 2 is 2.12 bits per heavy atom. The van der Waals surface area contributed by atoms with E-state index >= 15 is 0 Å². The first-order valence-electron chi connectivity index (χ1n) is 5.83. The summed E-state index contributed by atoms with van der Waals surface area (Å²) in [7, 11) is 1.68. The Morgan fingerprint density at radius 1 is 1.38 bits per heavy atom. The van der Waals surface area contributed by atoms with Gasteiger partial charge in [-0.15, -0.1) is 0 Å². The zero-order valence-electron chi connectivity index (χ0n) is 9.69. The summed E-state index contributed by atoms with van der Waals surface area (Å²) in [6.45, 7) is 0.497. The van der Waals surface area contributed by atoms with Crippen molar-refractivity contribution < 1.29 is 9.47 Å². The van der Waals surface area contributed by atoms with Crippen molar-refractivity contribution in [1.29, 1.82) is 0 Å². The summed E-state index contributed by atoms with van der Waals surface area (Å²) in [6, 6.07) is 7.92. The molecule has 0 saturated heterocycles. The molecule has 0 spiro atoms. The van der Waals surface area contributed by atoms with Crippen LogP contribution in [0.3, 0.4) is 0 Å². The van der Waals surface area contributed by atoms with Gasteiger partial charge in [-0.05, 0) is 25.3 Å². The minimum Gasteiger partial charge on any atom is -0.496 e. The summed E-state index contributed by atoms with van der Waals surface area (Å²) in [5.41, 5.74) is 6.83. The fraction of sp³-hybridized carbons (Fsp3) is 0.538. The maximum absolute atomic E-state index is 5.96. The van der Waals surface area contributed by atoms with E-state index in [0.29, 0.717) is 12.6 Å². The molecule has 1 atom stereocenters. The summed E-state index contributed by atoms with van der Waals surface area (Å²) >= 11 is 0. The molecule has 16 heavy (non-hydrogen) atoms. The number of benzene rings is 1. The van der Waals surface area contributed by atoms with Crippen LogP contribution >= 0.6 is 0 Å². The van der Waals surface area contributed by atoms with Gasteiger partial charge in [0.1, 0.15) is 5.75 Å². The molecule has 1 aromatic rings. The van der Waals surface area contributed by atoms with Gasteiger partial charge < -0.3 is 15.2 Å². The Morgan fingerprint density at radius 3 is 2.69 bits per heavy atom. The minimum atomic E-state index is -0.0403. The van der Waals surface area contributed by atoms with Gasteiger partial charge in [-0.3, -0.25) is 0 Å². The molecule has 2 N–H and O–H groups in total. The van der Waals surface area contributed by atoms with Crippen LogP contribution < -0.4 is 10.5 Å². The molecular formula is C13H19NO2. The molecule has 1 aliphatic rings. The Balaban J connectivity index is 2.11. The van der Waals surface area contributed by atoms with Crippen LogP contribution in [0.5, 0.6) is 5.75 Å². The lowest BCUT2D eigenvalue weighted by Crippen LogP contribution is -2.27. The topological polar surface area (TPSA) is 44.5 Å². The van der Waals surface area contributed by atoms with Gasteiger partial charge in [0, 0.05) is 12.1 Å². The van der Waals surface area contributed by atoms with Gasteiger partial charge in [-0.25, -0.2) is 0 Å². The van der Waals surface area contributed by atoms with E-state index in [1.807, 2.05) is 24.3 Å². The number of rotatable bonds is 5. The van der Waals surface area contributed by atoms with E-state index in [0.717, 1.165) is 24.2 Å². The molecule has 1 aromatic carbocycles. The van der Waals surface area contributed by atoms with Gasteiger partial charge in [-0.2, -0.15) is 0 Å². The normalized spacial score (nSPS) is 17.9. The first-order valence-corrected chi connectivity index (χ1v) is 5.83. The second-order valence-corrected chi connectivity index (χ2v) is 4.16. The van der Waals surface area contributed by atoms with E-state index in [4.69, 9.17) is 15.2 Å². The van der Waals surface area contributed by atoms with Crippen LogP contribution in [0.1, 0.15) is 30.9 Å². The van der Waals surface area contributed by atoms with Crippen molar-refractivity contribution >= 4 is 0 Å². The molecule has 0 radical (unpaired) electrons. The highest BCUT2D eigenvalue weighted by molar-refractivity contribution is 5.35. The molecule has 3 nitrogen and oxygen atoms in total. The Bertz CT molecular complexity index is 336. The van der Waals surface area contributed by atoms with Gasteiger partial charge in [0.25, 0.3) is 0 Å². The third-order valence-electron chi connectivity index (χ3n) is 3.11. The predicted octanol–water partition coefficient (Wildman–Crippen LogP) is 2.26. The monoisotopic (exact) mass is 221 g/mol. The molecule has 0 bridgehead atoms. The van der Waals surface area contributed by atoms with E-state index in [2.05, 4.69) is 0 Å². The van der Waals surface area contributed by atoms with Crippen LogP contribution in [0.4, 0.5) is 0 Å². The Kier molecular flexibility index (Phi) is 3.80. The fourth-order valence-electron chi connectivity index (χ4n) is 1.93. The van der Waals surface area contributed by atoms with Gasteiger partial charge in [0.15, 0.2) is 0 Å². The highest BCUT2D eigenvalue weighted by Gasteiger charge is 2.24. The maximum atomic E-state index is 5.96. The smallest absolute Gasteiger partial charge is 0.124 e. The van der Waals surface area contributed by atoms with Crippen LogP contribution in [0, 0.1) is 0 Å². The SMILES string of the molecule is COc1ccccc1C(CN)OC1CCC1. The second-order valence-electron chi connectivity index (χ2n) is 4.16. The predicted molar refractivity (Wildman–Crippen MR) is 63.5 cm³/mol. The highest BCUT2D eigenvalue weighted by atomic mass is 16.5. The third-order valence-corrected chi connectivity index (χ3v) is 3.11. The lowest BCUT2D eigenvalue weighted by molar-refractivity contribution is -0.0494. The lowest BCUT2D eigenvalue weighted by Gasteiger charge is -2.30. The fourth-order valence-corrected chi connectivity index (χ4v) is 1.93. The largest absolute Gasteiger partial charge is 0.496 e. The summed E-state index contributed by atoms with van der Waals surface area (Å²) < 4.78 is 11.3. The summed E-state index contributed by atoms with van der Waals surface area (Å²) in [6.07, 6.45) is 3.94. The summed E-state index contributed by atoms with van der Waals surface area (Å²) in [5.74, 6) is 0.859. The van der Waals surface area contributed by atoms with E-state index < -0.39 is 0 Å². The second kappa shape index (κ2) is 5.32. The molecule has 0 heterocycles. The summed E-state index contributed by atoms with van der Waals surface area (Å²) in [5, 5.41) is 0. The Labute approximate surface area is 96.5 Å². The standard InChI is InChI=1S/C13H19NO2/c1-15-12-8-3-2-7-11(12)13(9-14)16-10-5-4-6-10/h2-3,7-8,10,13H,4-6,9,14H2,1H3. The number of nitrogens with two attached hydrogens (primary N) is 1. The van der Waals surface area contributed by atoms with Crippen molar-refractivity contribution in [2.75, 3.05) is 13.7 Å². The molecule has 1 saturated carbocycles. The van der Waals surface area contributed by atoms with Crippen LogP contribution in [0.15, 0.2) is 24.3 Å². The van der Waals surface area contributed by atoms with Crippen molar-refractivity contribution in [2.45, 2.75) is 31.5 Å². The first-order chi connectivity index (χ1) is 7.85. The first kappa shape index (κ1) is 11.4. The number of para-hydroxylation sites is 1. The number of hydrogen-bond donors (Lipinski definition) is 1.